The van der Waals surface area contributed by atoms with Gasteiger partial charge in [0.15, 0.2) is 0 Å². The van der Waals surface area contributed by atoms with E-state index in [-0.39, 0.29) is 11.9 Å². The third-order valence-electron chi connectivity index (χ3n) is 2.20. The Bertz CT molecular complexity index is 524. The smallest absolute Gasteiger partial charge is 0.123 e. The maximum Gasteiger partial charge on any atom is 0.123 e. The quantitative estimate of drug-likeness (QED) is 0.772. The van der Waals surface area contributed by atoms with Crippen molar-refractivity contribution in [3.05, 3.63) is 35.0 Å². The highest BCUT2D eigenvalue weighted by atomic mass is 32.1. The van der Waals surface area contributed by atoms with Crippen molar-refractivity contribution in [2.24, 2.45) is 5.73 Å². The molecule has 2 N–H and O–H groups in total. The summed E-state index contributed by atoms with van der Waals surface area (Å²) < 4.78 is 14.0. The Kier molecular flexibility index (Phi) is 2.72. The normalized spacial score (nSPS) is 12.6. The van der Waals surface area contributed by atoms with E-state index in [0.29, 0.717) is 6.42 Å². The van der Waals surface area contributed by atoms with Crippen molar-refractivity contribution in [1.82, 2.24) is 0 Å². The topological polar surface area (TPSA) is 26.0 Å². The van der Waals surface area contributed by atoms with Gasteiger partial charge >= 0.3 is 0 Å². The fourth-order valence-corrected chi connectivity index (χ4v) is 2.49. The van der Waals surface area contributed by atoms with Crippen LogP contribution in [0.2, 0.25) is 0 Å². The molecule has 1 atom stereocenters. The van der Waals surface area contributed by atoms with Crippen LogP contribution in [0.1, 0.15) is 17.3 Å². The summed E-state index contributed by atoms with van der Waals surface area (Å²) in [5.74, 6) is 2.30. The van der Waals surface area contributed by atoms with Crippen LogP contribution in [0.3, 0.4) is 0 Å². The van der Waals surface area contributed by atoms with Gasteiger partial charge in [-0.1, -0.05) is 0 Å². The highest BCUT2D eigenvalue weighted by Crippen LogP contribution is 2.30. The summed E-state index contributed by atoms with van der Waals surface area (Å²) in [6.07, 6.45) is 5.71. The van der Waals surface area contributed by atoms with Crippen molar-refractivity contribution in [2.75, 3.05) is 0 Å². The van der Waals surface area contributed by atoms with Gasteiger partial charge in [-0.15, -0.1) is 23.7 Å². The van der Waals surface area contributed by atoms with E-state index >= 15 is 0 Å². The van der Waals surface area contributed by atoms with Gasteiger partial charge in [-0.3, -0.25) is 0 Å². The molecule has 1 unspecified atom stereocenters. The minimum atomic E-state index is -0.225. The fraction of sp³-hybridized carbons (Fsp3) is 0.167. The Labute approximate surface area is 91.7 Å². The Morgan fingerprint density at radius 3 is 3.00 bits per heavy atom. The highest BCUT2D eigenvalue weighted by Gasteiger charge is 2.09. The zero-order valence-corrected chi connectivity index (χ0v) is 8.85. The number of nitrogens with two attached hydrogens (primary N) is 1. The SMILES string of the molecule is C#CCC(N)c1cc2cc(F)ccc2s1. The lowest BCUT2D eigenvalue weighted by atomic mass is 10.1. The van der Waals surface area contributed by atoms with E-state index in [1.807, 2.05) is 6.07 Å². The average molecular weight is 219 g/mol. The van der Waals surface area contributed by atoms with Crippen LogP contribution in [0.15, 0.2) is 24.3 Å². The standard InChI is InChI=1S/C12H10FNS/c1-2-3-10(14)12-7-8-6-9(13)4-5-11(8)15-12/h1,4-7,10H,3,14H2. The number of hydrogen-bond donors (Lipinski definition) is 1. The minimum Gasteiger partial charge on any atom is -0.322 e. The first-order chi connectivity index (χ1) is 7.20. The van der Waals surface area contributed by atoms with E-state index in [1.54, 1.807) is 17.4 Å². The number of hydrogen-bond acceptors (Lipinski definition) is 2. The Hall–Kier alpha value is -1.37. The summed E-state index contributed by atoms with van der Waals surface area (Å²) in [5.41, 5.74) is 5.88. The number of thiophene rings is 1. The fourth-order valence-electron chi connectivity index (χ4n) is 1.45. The molecule has 0 aliphatic rings. The summed E-state index contributed by atoms with van der Waals surface area (Å²) in [6.45, 7) is 0. The van der Waals surface area contributed by atoms with E-state index in [1.165, 1.54) is 12.1 Å². The highest BCUT2D eigenvalue weighted by molar-refractivity contribution is 7.19. The van der Waals surface area contributed by atoms with Gasteiger partial charge in [-0.2, -0.15) is 0 Å². The molecule has 1 aromatic heterocycles. The van der Waals surface area contributed by atoms with Crippen LogP contribution in [0, 0.1) is 18.2 Å². The average Bonchev–Trinajstić information content (AvgIpc) is 2.60. The molecule has 0 bridgehead atoms. The molecule has 0 radical (unpaired) electrons. The van der Waals surface area contributed by atoms with E-state index in [0.717, 1.165) is 15.0 Å². The molecule has 1 aromatic carbocycles. The van der Waals surface area contributed by atoms with Gasteiger partial charge in [0.1, 0.15) is 5.82 Å². The van der Waals surface area contributed by atoms with Crippen molar-refractivity contribution in [1.29, 1.82) is 0 Å². The van der Waals surface area contributed by atoms with Crippen LogP contribution < -0.4 is 5.73 Å². The number of halogens is 1. The lowest BCUT2D eigenvalue weighted by Crippen LogP contribution is -2.06. The Morgan fingerprint density at radius 2 is 2.27 bits per heavy atom. The van der Waals surface area contributed by atoms with Crippen molar-refractivity contribution in [3.8, 4) is 12.3 Å². The molecule has 2 rings (SSSR count). The lowest BCUT2D eigenvalue weighted by Gasteiger charge is -2.02. The summed E-state index contributed by atoms with van der Waals surface area (Å²) >= 11 is 1.57. The zero-order valence-electron chi connectivity index (χ0n) is 8.03. The van der Waals surface area contributed by atoms with E-state index in [2.05, 4.69) is 5.92 Å². The molecular formula is C12H10FNS. The summed E-state index contributed by atoms with van der Waals surface area (Å²) in [7, 11) is 0. The molecule has 3 heteroatoms. The predicted octanol–water partition coefficient (Wildman–Crippen LogP) is 3.06. The van der Waals surface area contributed by atoms with Crippen LogP contribution in [0.25, 0.3) is 10.1 Å². The van der Waals surface area contributed by atoms with Gasteiger partial charge in [-0.25, -0.2) is 4.39 Å². The maximum absolute atomic E-state index is 12.9. The third kappa shape index (κ3) is 2.01. The van der Waals surface area contributed by atoms with E-state index < -0.39 is 0 Å². The zero-order chi connectivity index (χ0) is 10.8. The second-order valence-electron chi connectivity index (χ2n) is 3.35. The summed E-state index contributed by atoms with van der Waals surface area (Å²) in [4.78, 5) is 1.01. The van der Waals surface area contributed by atoms with Gasteiger partial charge in [0.25, 0.3) is 0 Å². The monoisotopic (exact) mass is 219 g/mol. The molecular weight excluding hydrogens is 209 g/mol. The van der Waals surface area contributed by atoms with Gasteiger partial charge in [0.2, 0.25) is 0 Å². The third-order valence-corrected chi connectivity index (χ3v) is 3.45. The van der Waals surface area contributed by atoms with Crippen LogP contribution >= 0.6 is 11.3 Å². The van der Waals surface area contributed by atoms with Gasteiger partial charge in [-0.05, 0) is 29.7 Å². The van der Waals surface area contributed by atoms with Gasteiger partial charge in [0, 0.05) is 16.0 Å². The number of rotatable bonds is 2. The lowest BCUT2D eigenvalue weighted by molar-refractivity contribution is 0.630. The van der Waals surface area contributed by atoms with Crippen LogP contribution in [-0.4, -0.2) is 0 Å². The van der Waals surface area contributed by atoms with Crippen LogP contribution in [0.4, 0.5) is 4.39 Å². The molecule has 76 valence electrons. The first-order valence-electron chi connectivity index (χ1n) is 4.59. The molecule has 0 aliphatic heterocycles. The van der Waals surface area contributed by atoms with E-state index in [4.69, 9.17) is 12.2 Å². The molecule has 2 aromatic rings. The first kappa shape index (κ1) is 10.2. The molecule has 0 fully saturated rings. The first-order valence-corrected chi connectivity index (χ1v) is 5.40. The van der Waals surface area contributed by atoms with E-state index in [9.17, 15) is 4.39 Å². The second-order valence-corrected chi connectivity index (χ2v) is 4.46. The van der Waals surface area contributed by atoms with Crippen molar-refractivity contribution in [3.63, 3.8) is 0 Å². The Morgan fingerprint density at radius 1 is 1.47 bits per heavy atom. The molecule has 1 heterocycles. The van der Waals surface area contributed by atoms with Crippen molar-refractivity contribution >= 4 is 21.4 Å². The minimum absolute atomic E-state index is 0.143. The molecule has 0 aliphatic carbocycles. The molecule has 1 nitrogen and oxygen atoms in total. The van der Waals surface area contributed by atoms with Crippen LogP contribution in [0.5, 0.6) is 0 Å². The van der Waals surface area contributed by atoms with Gasteiger partial charge < -0.3 is 5.73 Å². The molecule has 0 amide bonds. The van der Waals surface area contributed by atoms with Gasteiger partial charge in [0.05, 0.1) is 6.04 Å². The molecule has 0 saturated carbocycles. The van der Waals surface area contributed by atoms with Crippen LogP contribution in [-0.2, 0) is 0 Å². The van der Waals surface area contributed by atoms with Crippen molar-refractivity contribution in [2.45, 2.75) is 12.5 Å². The second kappa shape index (κ2) is 4.01. The molecule has 15 heavy (non-hydrogen) atoms. The summed E-state index contributed by atoms with van der Waals surface area (Å²) in [5, 5.41) is 0.891. The molecule has 0 spiro atoms. The Balaban J connectivity index is 2.43. The largest absolute Gasteiger partial charge is 0.322 e. The number of terminal acetylenes is 1. The van der Waals surface area contributed by atoms with Crippen molar-refractivity contribution < 1.29 is 4.39 Å². The predicted molar refractivity (Wildman–Crippen MR) is 62.2 cm³/mol. The molecule has 0 saturated heterocycles. The maximum atomic E-state index is 12.9. The summed E-state index contributed by atoms with van der Waals surface area (Å²) in [6, 6.07) is 6.50. The number of fused-ring (bicyclic) bond motifs is 1. The number of benzene rings is 1.